The number of hydrogen-bond acceptors (Lipinski definition) is 6. The van der Waals surface area contributed by atoms with Gasteiger partial charge in [0.05, 0.1) is 9.79 Å². The fraction of sp³-hybridized carbons (Fsp3) is 0.400. The number of ether oxygens (including phenoxy) is 2. The molecule has 1 heterocycles. The van der Waals surface area contributed by atoms with Crippen LogP contribution < -0.4 is 20.1 Å². The van der Waals surface area contributed by atoms with Crippen LogP contribution in [-0.4, -0.2) is 47.8 Å². The van der Waals surface area contributed by atoms with E-state index in [1.165, 1.54) is 0 Å². The third-order valence-corrected chi connectivity index (χ3v) is 6.24. The molecular formula is C20H26N2O4S. The quantitative estimate of drug-likeness (QED) is 0.518. The van der Waals surface area contributed by atoms with Crippen molar-refractivity contribution in [2.45, 2.75) is 23.6 Å². The van der Waals surface area contributed by atoms with Gasteiger partial charge in [-0.25, -0.2) is 8.42 Å². The fourth-order valence-electron chi connectivity index (χ4n) is 3.04. The molecule has 0 aromatic heterocycles. The zero-order valence-corrected chi connectivity index (χ0v) is 16.6. The first-order valence-corrected chi connectivity index (χ1v) is 10.8. The van der Waals surface area contributed by atoms with Crippen molar-refractivity contribution in [2.75, 3.05) is 39.4 Å². The Kier molecular flexibility index (Phi) is 6.36. The van der Waals surface area contributed by atoms with Crippen molar-refractivity contribution < 1.29 is 17.9 Å². The van der Waals surface area contributed by atoms with E-state index in [-0.39, 0.29) is 0 Å². The van der Waals surface area contributed by atoms with Crippen molar-refractivity contribution in [3.63, 3.8) is 0 Å². The SMILES string of the molecule is CCNCCOc1ccc2c(c1)-c1cc(OCCNCC)ccc1S2(=O)=O. The maximum atomic E-state index is 12.8. The number of benzene rings is 2. The summed E-state index contributed by atoms with van der Waals surface area (Å²) in [6.45, 7) is 8.38. The molecule has 0 bridgehead atoms. The zero-order chi connectivity index (χ0) is 19.3. The van der Waals surface area contributed by atoms with Gasteiger partial charge in [-0.05, 0) is 49.5 Å². The first-order valence-electron chi connectivity index (χ1n) is 9.28. The molecule has 1 aliphatic heterocycles. The van der Waals surface area contributed by atoms with Crippen LogP contribution in [0.3, 0.4) is 0 Å². The van der Waals surface area contributed by atoms with Gasteiger partial charge in [0.1, 0.15) is 24.7 Å². The minimum atomic E-state index is -3.49. The van der Waals surface area contributed by atoms with Crippen LogP contribution in [-0.2, 0) is 9.84 Å². The first kappa shape index (κ1) is 19.7. The van der Waals surface area contributed by atoms with E-state index < -0.39 is 9.84 Å². The minimum absolute atomic E-state index is 0.321. The van der Waals surface area contributed by atoms with Gasteiger partial charge in [0.2, 0.25) is 9.84 Å². The van der Waals surface area contributed by atoms with Crippen molar-refractivity contribution in [2.24, 2.45) is 0 Å². The molecule has 0 amide bonds. The van der Waals surface area contributed by atoms with Gasteiger partial charge in [0, 0.05) is 24.2 Å². The number of rotatable bonds is 10. The van der Waals surface area contributed by atoms with Crippen LogP contribution in [0.5, 0.6) is 11.5 Å². The summed E-state index contributed by atoms with van der Waals surface area (Å²) in [6.07, 6.45) is 0. The topological polar surface area (TPSA) is 76.7 Å². The Morgan fingerprint density at radius 2 is 1.22 bits per heavy atom. The molecule has 0 aliphatic carbocycles. The molecule has 0 saturated heterocycles. The molecule has 0 radical (unpaired) electrons. The Balaban J connectivity index is 1.84. The lowest BCUT2D eigenvalue weighted by atomic mass is 10.1. The molecule has 27 heavy (non-hydrogen) atoms. The number of likely N-dealkylation sites (N-methyl/N-ethyl adjacent to an activating group) is 2. The summed E-state index contributed by atoms with van der Waals surface area (Å²) < 4.78 is 37.1. The molecule has 146 valence electrons. The largest absolute Gasteiger partial charge is 0.492 e. The maximum absolute atomic E-state index is 12.8. The highest BCUT2D eigenvalue weighted by Gasteiger charge is 2.33. The maximum Gasteiger partial charge on any atom is 0.207 e. The summed E-state index contributed by atoms with van der Waals surface area (Å²) in [5, 5.41) is 6.39. The molecule has 0 atom stereocenters. The lowest BCUT2D eigenvalue weighted by molar-refractivity contribution is 0.315. The zero-order valence-electron chi connectivity index (χ0n) is 15.7. The lowest BCUT2D eigenvalue weighted by Gasteiger charge is -2.09. The first-order chi connectivity index (χ1) is 13.1. The van der Waals surface area contributed by atoms with Crippen molar-refractivity contribution in [1.29, 1.82) is 0 Å². The molecular weight excluding hydrogens is 364 g/mol. The van der Waals surface area contributed by atoms with E-state index in [1.807, 2.05) is 13.8 Å². The normalized spacial score (nSPS) is 13.9. The molecule has 1 aliphatic rings. The van der Waals surface area contributed by atoms with Crippen LogP contribution in [0.1, 0.15) is 13.8 Å². The Labute approximate surface area is 160 Å². The van der Waals surface area contributed by atoms with Crippen molar-refractivity contribution in [1.82, 2.24) is 10.6 Å². The molecule has 0 unspecified atom stereocenters. The van der Waals surface area contributed by atoms with Crippen LogP contribution in [0.25, 0.3) is 11.1 Å². The second-order valence-electron chi connectivity index (χ2n) is 6.22. The van der Waals surface area contributed by atoms with Crippen LogP contribution in [0.15, 0.2) is 46.2 Å². The number of sulfone groups is 1. The molecule has 3 rings (SSSR count). The third kappa shape index (κ3) is 4.26. The third-order valence-electron chi connectivity index (χ3n) is 4.37. The molecule has 0 fully saturated rings. The molecule has 2 N–H and O–H groups in total. The monoisotopic (exact) mass is 390 g/mol. The van der Waals surface area contributed by atoms with Crippen LogP contribution >= 0.6 is 0 Å². The van der Waals surface area contributed by atoms with Gasteiger partial charge in [-0.15, -0.1) is 0 Å². The van der Waals surface area contributed by atoms with E-state index in [2.05, 4.69) is 10.6 Å². The summed E-state index contributed by atoms with van der Waals surface area (Å²) in [4.78, 5) is 0.641. The van der Waals surface area contributed by atoms with Crippen molar-refractivity contribution in [3.8, 4) is 22.6 Å². The van der Waals surface area contributed by atoms with E-state index in [1.54, 1.807) is 36.4 Å². The van der Waals surface area contributed by atoms with Crippen molar-refractivity contribution in [3.05, 3.63) is 36.4 Å². The molecule has 2 aromatic carbocycles. The van der Waals surface area contributed by atoms with E-state index in [9.17, 15) is 8.42 Å². The van der Waals surface area contributed by atoms with Gasteiger partial charge in [-0.2, -0.15) is 0 Å². The highest BCUT2D eigenvalue weighted by molar-refractivity contribution is 7.92. The number of hydrogen-bond donors (Lipinski definition) is 2. The average molecular weight is 391 g/mol. The second-order valence-corrected chi connectivity index (χ2v) is 8.11. The summed E-state index contributed by atoms with van der Waals surface area (Å²) >= 11 is 0. The minimum Gasteiger partial charge on any atom is -0.492 e. The summed E-state index contributed by atoms with van der Waals surface area (Å²) in [6, 6.07) is 10.3. The smallest absolute Gasteiger partial charge is 0.207 e. The van der Waals surface area contributed by atoms with Crippen LogP contribution in [0, 0.1) is 0 Å². The Morgan fingerprint density at radius 3 is 1.63 bits per heavy atom. The molecule has 7 heteroatoms. The average Bonchev–Trinajstić information content (AvgIpc) is 2.89. The summed E-state index contributed by atoms with van der Waals surface area (Å²) in [5.41, 5.74) is 1.34. The fourth-order valence-corrected chi connectivity index (χ4v) is 4.69. The molecule has 0 saturated carbocycles. The van der Waals surface area contributed by atoms with E-state index in [0.717, 1.165) is 26.2 Å². The summed E-state index contributed by atoms with van der Waals surface area (Å²) in [7, 11) is -3.49. The number of nitrogens with one attached hydrogen (secondary N) is 2. The Morgan fingerprint density at radius 1 is 0.778 bits per heavy atom. The second kappa shape index (κ2) is 8.73. The van der Waals surface area contributed by atoms with Gasteiger partial charge in [0.15, 0.2) is 0 Å². The van der Waals surface area contributed by atoms with Gasteiger partial charge in [-0.1, -0.05) is 13.8 Å². The lowest BCUT2D eigenvalue weighted by Crippen LogP contribution is -2.20. The van der Waals surface area contributed by atoms with E-state index >= 15 is 0 Å². The highest BCUT2D eigenvalue weighted by atomic mass is 32.2. The molecule has 0 spiro atoms. The van der Waals surface area contributed by atoms with Gasteiger partial charge in [0.25, 0.3) is 0 Å². The summed E-state index contributed by atoms with van der Waals surface area (Å²) in [5.74, 6) is 1.32. The Bertz CT molecular complexity index is 829. The number of fused-ring (bicyclic) bond motifs is 3. The molecule has 2 aromatic rings. The Hall–Kier alpha value is -2.09. The van der Waals surface area contributed by atoms with Crippen molar-refractivity contribution >= 4 is 9.84 Å². The van der Waals surface area contributed by atoms with Gasteiger partial charge in [-0.3, -0.25) is 0 Å². The van der Waals surface area contributed by atoms with Crippen LogP contribution in [0.2, 0.25) is 0 Å². The highest BCUT2D eigenvalue weighted by Crippen LogP contribution is 2.45. The predicted molar refractivity (Wildman–Crippen MR) is 105 cm³/mol. The standard InChI is InChI=1S/C20H26N2O4S/c1-3-21-9-11-25-15-5-7-19-17(13-15)18-14-16(26-12-10-22-4-2)6-8-20(18)27(19,23)24/h5-8,13-14,21-22H,3-4,9-12H2,1-2H3. The van der Waals surface area contributed by atoms with Gasteiger partial charge < -0.3 is 20.1 Å². The molecule has 6 nitrogen and oxygen atoms in total. The van der Waals surface area contributed by atoms with Gasteiger partial charge >= 0.3 is 0 Å². The van der Waals surface area contributed by atoms with E-state index in [0.29, 0.717) is 45.6 Å². The van der Waals surface area contributed by atoms with Crippen LogP contribution in [0.4, 0.5) is 0 Å². The predicted octanol–water partition coefficient (Wildman–Crippen LogP) is 2.48. The van der Waals surface area contributed by atoms with E-state index in [4.69, 9.17) is 9.47 Å².